The molecule has 188 valence electrons. The maximum atomic E-state index is 12.5. The number of piperazine rings is 1. The van der Waals surface area contributed by atoms with Crippen molar-refractivity contribution in [2.24, 2.45) is 0 Å². The van der Waals surface area contributed by atoms with Crippen LogP contribution in [0.2, 0.25) is 0 Å². The molecule has 35 heavy (non-hydrogen) atoms. The van der Waals surface area contributed by atoms with Crippen molar-refractivity contribution < 1.29 is 9.59 Å². The molecule has 2 heterocycles. The Labute approximate surface area is 211 Å². The number of allylic oxidation sites excluding steroid dienone is 10. The summed E-state index contributed by atoms with van der Waals surface area (Å²) in [4.78, 5) is 32.6. The minimum absolute atomic E-state index is 0.0106. The third kappa shape index (κ3) is 12.2. The first kappa shape index (κ1) is 28.0. The molecule has 0 bridgehead atoms. The van der Waals surface area contributed by atoms with Gasteiger partial charge in [0, 0.05) is 45.0 Å². The van der Waals surface area contributed by atoms with Gasteiger partial charge in [0.05, 0.1) is 5.56 Å². The van der Waals surface area contributed by atoms with Gasteiger partial charge in [0.15, 0.2) is 0 Å². The van der Waals surface area contributed by atoms with E-state index in [9.17, 15) is 9.59 Å². The lowest BCUT2D eigenvalue weighted by molar-refractivity contribution is -0.132. The molecular weight excluding hydrogens is 434 g/mol. The summed E-state index contributed by atoms with van der Waals surface area (Å²) >= 11 is 0. The lowest BCUT2D eigenvalue weighted by Crippen LogP contribution is -2.50. The Morgan fingerprint density at radius 3 is 1.89 bits per heavy atom. The highest BCUT2D eigenvalue weighted by Gasteiger charge is 2.24. The summed E-state index contributed by atoms with van der Waals surface area (Å²) in [5.74, 6) is 0.175. The molecule has 1 saturated heterocycles. The number of carbonyl (C=O) groups excluding carboxylic acids is 2. The Kier molecular flexibility index (Phi) is 14.5. The lowest BCUT2D eigenvalue weighted by atomic mass is 10.1. The van der Waals surface area contributed by atoms with Crippen LogP contribution >= 0.6 is 0 Å². The van der Waals surface area contributed by atoms with Crippen molar-refractivity contribution in [1.29, 1.82) is 0 Å². The molecule has 1 aromatic rings. The molecule has 1 fully saturated rings. The molecule has 2 amide bonds. The minimum atomic E-state index is -0.0106. The van der Waals surface area contributed by atoms with Crippen LogP contribution in [0.25, 0.3) is 0 Å². The van der Waals surface area contributed by atoms with E-state index in [1.807, 2.05) is 4.90 Å². The van der Waals surface area contributed by atoms with E-state index in [0.29, 0.717) is 38.2 Å². The van der Waals surface area contributed by atoms with Gasteiger partial charge in [-0.25, -0.2) is 0 Å². The van der Waals surface area contributed by atoms with Crippen LogP contribution < -0.4 is 0 Å². The van der Waals surface area contributed by atoms with Crippen molar-refractivity contribution in [2.45, 2.75) is 58.3 Å². The number of amides is 2. The second kappa shape index (κ2) is 18.2. The third-order valence-corrected chi connectivity index (χ3v) is 5.75. The Morgan fingerprint density at radius 2 is 1.34 bits per heavy atom. The Hall–Kier alpha value is -3.21. The van der Waals surface area contributed by atoms with Crippen LogP contribution in [0.5, 0.6) is 0 Å². The SMILES string of the molecule is CC/C=C/C/C=C/C/C=C/C/C=C/C/C=C/CCCC(=O)N1CCN(C(=O)c2cccnc2)CC1. The van der Waals surface area contributed by atoms with Crippen molar-refractivity contribution in [3.8, 4) is 0 Å². The number of hydrogen-bond donors (Lipinski definition) is 0. The summed E-state index contributed by atoms with van der Waals surface area (Å²) in [6.07, 6.45) is 32.5. The smallest absolute Gasteiger partial charge is 0.255 e. The molecule has 2 rings (SSSR count). The Morgan fingerprint density at radius 1 is 0.800 bits per heavy atom. The number of carbonyl (C=O) groups is 2. The fourth-order valence-electron chi connectivity index (χ4n) is 3.73. The van der Waals surface area contributed by atoms with Crippen molar-refractivity contribution >= 4 is 11.8 Å². The van der Waals surface area contributed by atoms with Crippen LogP contribution in [-0.4, -0.2) is 52.8 Å². The van der Waals surface area contributed by atoms with E-state index in [0.717, 1.165) is 44.9 Å². The molecule has 0 saturated carbocycles. The standard InChI is InChI=1S/C30H41N3O2/c1-2-3-4-5-6-7-8-9-10-11-12-13-14-15-16-17-18-21-29(34)32-23-25-33(26-24-32)30(35)28-20-19-22-31-27-28/h3-4,6-7,9-10,12-13,15-16,19-20,22,27H,2,5,8,11,14,17-18,21,23-26H2,1H3/b4-3+,7-6+,10-9+,13-12+,16-15+. The van der Waals surface area contributed by atoms with Crippen LogP contribution in [0.4, 0.5) is 0 Å². The van der Waals surface area contributed by atoms with E-state index in [1.165, 1.54) is 0 Å². The van der Waals surface area contributed by atoms with Crippen molar-refractivity contribution in [3.05, 3.63) is 90.9 Å². The summed E-state index contributed by atoms with van der Waals surface area (Å²) in [5.41, 5.74) is 0.601. The second-order valence-electron chi connectivity index (χ2n) is 8.51. The normalized spacial score (nSPS) is 15.0. The number of pyridine rings is 1. The van der Waals surface area contributed by atoms with E-state index in [-0.39, 0.29) is 11.8 Å². The average Bonchev–Trinajstić information content (AvgIpc) is 2.90. The molecule has 0 aliphatic carbocycles. The van der Waals surface area contributed by atoms with E-state index in [2.05, 4.69) is 72.7 Å². The first-order valence-electron chi connectivity index (χ1n) is 12.9. The molecule has 0 spiro atoms. The zero-order valence-electron chi connectivity index (χ0n) is 21.2. The average molecular weight is 476 g/mol. The third-order valence-electron chi connectivity index (χ3n) is 5.75. The molecular formula is C30H41N3O2. The fraction of sp³-hybridized carbons (Fsp3) is 0.433. The van der Waals surface area contributed by atoms with Gasteiger partial charge < -0.3 is 9.80 Å². The zero-order valence-corrected chi connectivity index (χ0v) is 21.2. The predicted octanol–water partition coefficient (Wildman–Crippen LogP) is 6.29. The van der Waals surface area contributed by atoms with E-state index in [4.69, 9.17) is 0 Å². The first-order valence-corrected chi connectivity index (χ1v) is 12.9. The van der Waals surface area contributed by atoms with E-state index < -0.39 is 0 Å². The Bertz CT molecular complexity index is 876. The molecule has 0 atom stereocenters. The molecule has 5 heteroatoms. The molecule has 1 aromatic heterocycles. The second-order valence-corrected chi connectivity index (χ2v) is 8.51. The molecule has 0 N–H and O–H groups in total. The molecule has 0 unspecified atom stereocenters. The van der Waals surface area contributed by atoms with Gasteiger partial charge in [0.1, 0.15) is 0 Å². The molecule has 1 aliphatic rings. The summed E-state index contributed by atoms with van der Waals surface area (Å²) < 4.78 is 0. The highest BCUT2D eigenvalue weighted by Crippen LogP contribution is 2.10. The van der Waals surface area contributed by atoms with Gasteiger partial charge in [-0.3, -0.25) is 14.6 Å². The number of rotatable bonds is 14. The van der Waals surface area contributed by atoms with Crippen molar-refractivity contribution in [3.63, 3.8) is 0 Å². The van der Waals surface area contributed by atoms with Crippen LogP contribution in [0.15, 0.2) is 85.3 Å². The van der Waals surface area contributed by atoms with E-state index in [1.54, 1.807) is 29.4 Å². The molecule has 5 nitrogen and oxygen atoms in total. The minimum Gasteiger partial charge on any atom is -0.339 e. The van der Waals surface area contributed by atoms with Gasteiger partial charge in [-0.1, -0.05) is 67.7 Å². The van der Waals surface area contributed by atoms with Gasteiger partial charge in [-0.05, 0) is 57.1 Å². The monoisotopic (exact) mass is 475 g/mol. The first-order chi connectivity index (χ1) is 17.2. The summed E-state index contributed by atoms with van der Waals surface area (Å²) in [5, 5.41) is 0. The maximum Gasteiger partial charge on any atom is 0.255 e. The number of aromatic nitrogens is 1. The van der Waals surface area contributed by atoms with Gasteiger partial charge in [0.25, 0.3) is 5.91 Å². The largest absolute Gasteiger partial charge is 0.339 e. The van der Waals surface area contributed by atoms with Gasteiger partial charge in [0.2, 0.25) is 5.91 Å². The molecule has 0 radical (unpaired) electrons. The summed E-state index contributed by atoms with van der Waals surface area (Å²) in [6.45, 7) is 4.51. The highest BCUT2D eigenvalue weighted by molar-refractivity contribution is 5.94. The van der Waals surface area contributed by atoms with Gasteiger partial charge in [-0.2, -0.15) is 0 Å². The summed E-state index contributed by atoms with van der Waals surface area (Å²) in [7, 11) is 0. The predicted molar refractivity (Wildman–Crippen MR) is 145 cm³/mol. The van der Waals surface area contributed by atoms with Crippen LogP contribution in [0.1, 0.15) is 68.6 Å². The fourth-order valence-corrected chi connectivity index (χ4v) is 3.73. The maximum absolute atomic E-state index is 12.5. The number of hydrogen-bond acceptors (Lipinski definition) is 3. The van der Waals surface area contributed by atoms with Gasteiger partial charge in [-0.15, -0.1) is 0 Å². The highest BCUT2D eigenvalue weighted by atomic mass is 16.2. The Balaban J connectivity index is 1.49. The quantitative estimate of drug-likeness (QED) is 0.235. The zero-order chi connectivity index (χ0) is 25.0. The van der Waals surface area contributed by atoms with Crippen molar-refractivity contribution in [1.82, 2.24) is 14.8 Å². The lowest BCUT2D eigenvalue weighted by Gasteiger charge is -2.34. The van der Waals surface area contributed by atoms with Crippen LogP contribution in [-0.2, 0) is 4.79 Å². The van der Waals surface area contributed by atoms with Gasteiger partial charge >= 0.3 is 0 Å². The molecule has 1 aliphatic heterocycles. The summed E-state index contributed by atoms with van der Waals surface area (Å²) in [6, 6.07) is 3.55. The van der Waals surface area contributed by atoms with Crippen molar-refractivity contribution in [2.75, 3.05) is 26.2 Å². The van der Waals surface area contributed by atoms with E-state index >= 15 is 0 Å². The molecule has 0 aromatic carbocycles. The van der Waals surface area contributed by atoms with Crippen LogP contribution in [0, 0.1) is 0 Å². The number of nitrogens with zero attached hydrogens (tertiary/aromatic N) is 3. The topological polar surface area (TPSA) is 53.5 Å². The number of unbranched alkanes of at least 4 members (excludes halogenated alkanes) is 1. The van der Waals surface area contributed by atoms with Crippen LogP contribution in [0.3, 0.4) is 0 Å².